The number of hydrogen-bond acceptors (Lipinski definition) is 2. The molecule has 0 unspecified atom stereocenters. The highest BCUT2D eigenvalue weighted by Gasteiger charge is 2.20. The van der Waals surface area contributed by atoms with Gasteiger partial charge in [-0.15, -0.1) is 0 Å². The van der Waals surface area contributed by atoms with E-state index in [-0.39, 0.29) is 0 Å². The largest absolute Gasteiger partial charge is 0.399 e. The molecule has 0 spiro atoms. The van der Waals surface area contributed by atoms with Crippen LogP contribution < -0.4 is 10.6 Å². The zero-order valence-electron chi connectivity index (χ0n) is 9.04. The summed E-state index contributed by atoms with van der Waals surface area (Å²) in [7, 11) is 2.20. The van der Waals surface area contributed by atoms with Crippen molar-refractivity contribution >= 4 is 34.0 Å². The van der Waals surface area contributed by atoms with Crippen LogP contribution in [0.1, 0.15) is 25.7 Å². The first-order valence-corrected chi connectivity index (χ1v) is 6.54. The van der Waals surface area contributed by atoms with E-state index in [1.807, 2.05) is 12.1 Å². The summed E-state index contributed by atoms with van der Waals surface area (Å²) >= 11 is 2.37. The van der Waals surface area contributed by atoms with E-state index in [4.69, 9.17) is 5.73 Å². The van der Waals surface area contributed by atoms with Crippen LogP contribution in [0.15, 0.2) is 18.2 Å². The first-order valence-electron chi connectivity index (χ1n) is 5.46. The molecule has 3 heteroatoms. The van der Waals surface area contributed by atoms with Crippen LogP contribution in [0.4, 0.5) is 11.4 Å². The molecule has 1 saturated carbocycles. The molecule has 0 atom stereocenters. The molecule has 2 rings (SSSR count). The molecule has 0 aromatic heterocycles. The first kappa shape index (κ1) is 11.0. The lowest BCUT2D eigenvalue weighted by atomic mass is 10.2. The third-order valence-corrected chi connectivity index (χ3v) is 4.09. The van der Waals surface area contributed by atoms with E-state index in [0.717, 1.165) is 11.7 Å². The second-order valence-corrected chi connectivity index (χ2v) is 5.42. The lowest BCUT2D eigenvalue weighted by Crippen LogP contribution is -2.29. The van der Waals surface area contributed by atoms with Crippen LogP contribution in [-0.4, -0.2) is 13.1 Å². The number of halogens is 1. The van der Waals surface area contributed by atoms with Gasteiger partial charge in [-0.25, -0.2) is 0 Å². The maximum absolute atomic E-state index is 5.76. The second-order valence-electron chi connectivity index (χ2n) is 4.26. The molecule has 1 aliphatic carbocycles. The lowest BCUT2D eigenvalue weighted by Gasteiger charge is -2.27. The summed E-state index contributed by atoms with van der Waals surface area (Å²) in [6.07, 6.45) is 5.41. The smallest absolute Gasteiger partial charge is 0.0503 e. The Balaban J connectivity index is 2.20. The van der Waals surface area contributed by atoms with Crippen LogP contribution in [0.3, 0.4) is 0 Å². The van der Waals surface area contributed by atoms with E-state index in [1.54, 1.807) is 0 Å². The molecule has 1 aliphatic rings. The summed E-state index contributed by atoms with van der Waals surface area (Å²) in [5, 5.41) is 0. The predicted octanol–water partition coefficient (Wildman–Crippen LogP) is 3.25. The normalized spacial score (nSPS) is 16.9. The standard InChI is InChI=1S/C12H17IN2/c1-15(10-4-2-3-5-10)12-7-6-9(14)8-11(12)13/h6-8,10H,2-5,14H2,1H3. The minimum Gasteiger partial charge on any atom is -0.399 e. The van der Waals surface area contributed by atoms with Gasteiger partial charge in [-0.2, -0.15) is 0 Å². The number of nitrogens with two attached hydrogens (primary N) is 1. The van der Waals surface area contributed by atoms with Crippen LogP contribution in [0.2, 0.25) is 0 Å². The number of nitrogen functional groups attached to an aromatic ring is 1. The molecule has 82 valence electrons. The van der Waals surface area contributed by atoms with Gasteiger partial charge in [0, 0.05) is 22.3 Å². The lowest BCUT2D eigenvalue weighted by molar-refractivity contribution is 0.652. The molecule has 0 heterocycles. The maximum atomic E-state index is 5.76. The van der Waals surface area contributed by atoms with Crippen LogP contribution in [-0.2, 0) is 0 Å². The molecule has 0 bridgehead atoms. The third kappa shape index (κ3) is 2.38. The van der Waals surface area contributed by atoms with Crippen LogP contribution in [0.5, 0.6) is 0 Å². The Morgan fingerprint density at radius 1 is 1.33 bits per heavy atom. The summed E-state index contributed by atoms with van der Waals surface area (Å²) < 4.78 is 1.25. The average molecular weight is 316 g/mol. The summed E-state index contributed by atoms with van der Waals surface area (Å²) in [6, 6.07) is 6.89. The van der Waals surface area contributed by atoms with Crippen molar-refractivity contribution in [3.63, 3.8) is 0 Å². The van der Waals surface area contributed by atoms with Crippen molar-refractivity contribution < 1.29 is 0 Å². The molecule has 15 heavy (non-hydrogen) atoms. The Bertz CT molecular complexity index is 345. The van der Waals surface area contributed by atoms with Gasteiger partial charge in [-0.1, -0.05) is 12.8 Å². The molecule has 2 nitrogen and oxygen atoms in total. The quantitative estimate of drug-likeness (QED) is 0.670. The Hall–Kier alpha value is -0.450. The van der Waals surface area contributed by atoms with E-state index >= 15 is 0 Å². The van der Waals surface area contributed by atoms with Crippen LogP contribution in [0.25, 0.3) is 0 Å². The van der Waals surface area contributed by atoms with E-state index in [0.29, 0.717) is 0 Å². The minimum atomic E-state index is 0.724. The zero-order valence-corrected chi connectivity index (χ0v) is 11.2. The molecule has 1 aromatic carbocycles. The molecule has 0 radical (unpaired) electrons. The zero-order chi connectivity index (χ0) is 10.8. The van der Waals surface area contributed by atoms with Crippen molar-refractivity contribution in [1.29, 1.82) is 0 Å². The van der Waals surface area contributed by atoms with Gasteiger partial charge in [-0.3, -0.25) is 0 Å². The number of rotatable bonds is 2. The summed E-state index contributed by atoms with van der Waals surface area (Å²) in [5.74, 6) is 0. The van der Waals surface area contributed by atoms with Gasteiger partial charge in [0.1, 0.15) is 0 Å². The van der Waals surface area contributed by atoms with Gasteiger partial charge in [-0.05, 0) is 53.6 Å². The van der Waals surface area contributed by atoms with Gasteiger partial charge in [0.25, 0.3) is 0 Å². The SMILES string of the molecule is CN(c1ccc(N)cc1I)C1CCCC1. The average Bonchev–Trinajstić information content (AvgIpc) is 2.69. The van der Waals surface area contributed by atoms with Gasteiger partial charge >= 0.3 is 0 Å². The molecular weight excluding hydrogens is 299 g/mol. The van der Waals surface area contributed by atoms with Crippen molar-refractivity contribution in [1.82, 2.24) is 0 Å². The van der Waals surface area contributed by atoms with Crippen LogP contribution in [0, 0.1) is 3.57 Å². The Morgan fingerprint density at radius 3 is 2.60 bits per heavy atom. The van der Waals surface area contributed by atoms with Crippen molar-refractivity contribution in [3.05, 3.63) is 21.8 Å². The highest BCUT2D eigenvalue weighted by atomic mass is 127. The number of hydrogen-bond donors (Lipinski definition) is 1. The maximum Gasteiger partial charge on any atom is 0.0503 e. The highest BCUT2D eigenvalue weighted by molar-refractivity contribution is 14.1. The minimum absolute atomic E-state index is 0.724. The van der Waals surface area contributed by atoms with E-state index < -0.39 is 0 Å². The molecule has 0 aliphatic heterocycles. The van der Waals surface area contributed by atoms with Crippen molar-refractivity contribution in [2.24, 2.45) is 0 Å². The van der Waals surface area contributed by atoms with E-state index in [2.05, 4.69) is 40.6 Å². The van der Waals surface area contributed by atoms with E-state index in [1.165, 1.54) is 34.9 Å². The van der Waals surface area contributed by atoms with Crippen LogP contribution >= 0.6 is 22.6 Å². The fourth-order valence-corrected chi connectivity index (χ4v) is 3.22. The summed E-state index contributed by atoms with van der Waals surface area (Å²) in [5.41, 5.74) is 7.92. The predicted molar refractivity (Wildman–Crippen MR) is 74.2 cm³/mol. The monoisotopic (exact) mass is 316 g/mol. The summed E-state index contributed by atoms with van der Waals surface area (Å²) in [6.45, 7) is 0. The molecule has 2 N–H and O–H groups in total. The fraction of sp³-hybridized carbons (Fsp3) is 0.500. The van der Waals surface area contributed by atoms with Gasteiger partial charge < -0.3 is 10.6 Å². The molecule has 1 fully saturated rings. The molecule has 0 saturated heterocycles. The number of nitrogens with zero attached hydrogens (tertiary/aromatic N) is 1. The topological polar surface area (TPSA) is 29.3 Å². The fourth-order valence-electron chi connectivity index (χ4n) is 2.30. The van der Waals surface area contributed by atoms with Gasteiger partial charge in [0.2, 0.25) is 0 Å². The molecule has 1 aromatic rings. The summed E-state index contributed by atoms with van der Waals surface area (Å²) in [4.78, 5) is 2.41. The number of anilines is 2. The van der Waals surface area contributed by atoms with Crippen molar-refractivity contribution in [2.75, 3.05) is 17.7 Å². The Morgan fingerprint density at radius 2 is 2.00 bits per heavy atom. The molecular formula is C12H17IN2. The van der Waals surface area contributed by atoms with Gasteiger partial charge in [0.15, 0.2) is 0 Å². The Labute approximate surface area is 105 Å². The first-order chi connectivity index (χ1) is 7.18. The van der Waals surface area contributed by atoms with E-state index in [9.17, 15) is 0 Å². The van der Waals surface area contributed by atoms with Gasteiger partial charge in [0.05, 0.1) is 5.69 Å². The van der Waals surface area contributed by atoms with Crippen molar-refractivity contribution in [3.8, 4) is 0 Å². The van der Waals surface area contributed by atoms with Crippen molar-refractivity contribution in [2.45, 2.75) is 31.7 Å². The third-order valence-electron chi connectivity index (χ3n) is 3.22. The Kier molecular flexibility index (Phi) is 3.38. The second kappa shape index (κ2) is 4.60. The number of benzene rings is 1. The highest BCUT2D eigenvalue weighted by Crippen LogP contribution is 2.30. The molecule has 0 amide bonds.